The summed E-state index contributed by atoms with van der Waals surface area (Å²) < 4.78 is 21.6. The van der Waals surface area contributed by atoms with Crippen LogP contribution >= 0.6 is 0 Å². The molecule has 2 amide bonds. The molecule has 1 aromatic heterocycles. The van der Waals surface area contributed by atoms with Gasteiger partial charge >= 0.3 is 6.03 Å². The van der Waals surface area contributed by atoms with Crippen molar-refractivity contribution in [3.63, 3.8) is 0 Å². The second-order valence-electron chi connectivity index (χ2n) is 7.73. The number of halogens is 1. The summed E-state index contributed by atoms with van der Waals surface area (Å²) in [7, 11) is 1.97. The average molecular weight is 386 g/mol. The number of carbonyl (C=O) groups excluding carboxylic acids is 1. The molecule has 1 fully saturated rings. The number of hydrogen-bond donors (Lipinski definition) is 1. The van der Waals surface area contributed by atoms with Crippen LogP contribution in [0.4, 0.5) is 9.18 Å². The maximum absolute atomic E-state index is 14.1. The summed E-state index contributed by atoms with van der Waals surface area (Å²) in [6.07, 6.45) is 6.33. The van der Waals surface area contributed by atoms with Crippen LogP contribution in [0.1, 0.15) is 43.0 Å². The van der Waals surface area contributed by atoms with E-state index in [1.807, 2.05) is 28.9 Å². The van der Waals surface area contributed by atoms with Gasteiger partial charge in [-0.15, -0.1) is 0 Å². The fourth-order valence-electron chi connectivity index (χ4n) is 4.20. The van der Waals surface area contributed by atoms with Crippen molar-refractivity contribution in [1.29, 1.82) is 0 Å². The Morgan fingerprint density at radius 2 is 2.11 bits per heavy atom. The first kappa shape index (κ1) is 18.8. The zero-order valence-corrected chi connectivity index (χ0v) is 16.2. The third kappa shape index (κ3) is 3.98. The van der Waals surface area contributed by atoms with Gasteiger partial charge < -0.3 is 15.0 Å². The van der Waals surface area contributed by atoms with Gasteiger partial charge in [-0.1, -0.05) is 12.1 Å². The molecular formula is C21H27FN4O2. The first-order valence-electron chi connectivity index (χ1n) is 10.1. The van der Waals surface area contributed by atoms with Crippen LogP contribution in [0.2, 0.25) is 0 Å². The van der Waals surface area contributed by atoms with Gasteiger partial charge in [0.15, 0.2) is 11.6 Å². The summed E-state index contributed by atoms with van der Waals surface area (Å²) in [6, 6.07) is 6.69. The number of rotatable bonds is 3. The molecule has 1 unspecified atom stereocenters. The van der Waals surface area contributed by atoms with E-state index in [1.165, 1.54) is 11.8 Å². The number of nitrogens with one attached hydrogen (secondary N) is 1. The van der Waals surface area contributed by atoms with Crippen molar-refractivity contribution in [3.05, 3.63) is 47.5 Å². The Hall–Kier alpha value is -2.57. The van der Waals surface area contributed by atoms with Gasteiger partial charge in [-0.05, 0) is 50.2 Å². The molecule has 1 aromatic carbocycles. The van der Waals surface area contributed by atoms with Crippen molar-refractivity contribution >= 4 is 6.03 Å². The number of para-hydroxylation sites is 1. The molecule has 0 spiro atoms. The summed E-state index contributed by atoms with van der Waals surface area (Å²) in [4.78, 5) is 14.7. The summed E-state index contributed by atoms with van der Waals surface area (Å²) in [5.74, 6) is 0.482. The largest absolute Gasteiger partial charge is 0.490 e. The van der Waals surface area contributed by atoms with Crippen molar-refractivity contribution in [2.75, 3.05) is 19.7 Å². The second kappa shape index (κ2) is 8.20. The van der Waals surface area contributed by atoms with E-state index in [9.17, 15) is 9.18 Å². The monoisotopic (exact) mass is 386 g/mol. The minimum Gasteiger partial charge on any atom is -0.490 e. The highest BCUT2D eigenvalue weighted by atomic mass is 19.1. The number of aryl methyl sites for hydroxylation is 1. The molecule has 0 radical (unpaired) electrons. The van der Waals surface area contributed by atoms with E-state index in [0.29, 0.717) is 12.5 Å². The molecule has 1 N–H and O–H groups in total. The molecule has 7 heteroatoms. The molecular weight excluding hydrogens is 359 g/mol. The van der Waals surface area contributed by atoms with E-state index >= 15 is 0 Å². The lowest BCUT2D eigenvalue weighted by molar-refractivity contribution is 0.166. The standard InChI is InChI=1S/C21H27FN4O2/c1-25-16(7-10-23-25)14-15-8-11-26(12-9-15)21(27)24-19-6-3-13-28-20-17(19)4-2-5-18(20)22/h2,4-5,7,10,15,19H,3,6,8-9,11-14H2,1H3,(H,24,27). The van der Waals surface area contributed by atoms with E-state index in [-0.39, 0.29) is 23.6 Å². The SMILES string of the molecule is Cn1nccc1CC1CCN(C(=O)NC2CCCOc3c(F)cccc32)CC1. The van der Waals surface area contributed by atoms with Crippen molar-refractivity contribution < 1.29 is 13.9 Å². The summed E-state index contributed by atoms with van der Waals surface area (Å²) >= 11 is 0. The molecule has 2 aliphatic heterocycles. The average Bonchev–Trinajstić information content (AvgIpc) is 2.98. The molecule has 0 saturated carbocycles. The van der Waals surface area contributed by atoms with Crippen molar-refractivity contribution in [2.24, 2.45) is 13.0 Å². The Labute approximate surface area is 164 Å². The molecule has 2 aromatic rings. The van der Waals surface area contributed by atoms with E-state index in [2.05, 4.69) is 16.5 Å². The number of ether oxygens (including phenoxy) is 1. The second-order valence-corrected chi connectivity index (χ2v) is 7.73. The summed E-state index contributed by atoms with van der Waals surface area (Å²) in [6.45, 7) is 1.96. The third-order valence-corrected chi connectivity index (χ3v) is 5.88. The molecule has 0 aliphatic carbocycles. The van der Waals surface area contributed by atoms with Crippen LogP contribution in [-0.4, -0.2) is 40.4 Å². The van der Waals surface area contributed by atoms with E-state index < -0.39 is 0 Å². The smallest absolute Gasteiger partial charge is 0.317 e. The quantitative estimate of drug-likeness (QED) is 0.879. The van der Waals surface area contributed by atoms with Crippen LogP contribution in [0.5, 0.6) is 5.75 Å². The van der Waals surface area contributed by atoms with E-state index in [0.717, 1.165) is 50.8 Å². The fraction of sp³-hybridized carbons (Fsp3) is 0.524. The summed E-state index contributed by atoms with van der Waals surface area (Å²) in [5, 5.41) is 7.34. The molecule has 4 rings (SSSR count). The van der Waals surface area contributed by atoms with Gasteiger partial charge in [0.05, 0.1) is 12.6 Å². The van der Waals surface area contributed by atoms with Gasteiger partial charge in [0.2, 0.25) is 0 Å². The number of likely N-dealkylation sites (tertiary alicyclic amines) is 1. The molecule has 3 heterocycles. The first-order chi connectivity index (χ1) is 13.6. The number of hydrogen-bond acceptors (Lipinski definition) is 3. The van der Waals surface area contributed by atoms with Gasteiger partial charge in [-0.2, -0.15) is 5.10 Å². The Morgan fingerprint density at radius 1 is 1.29 bits per heavy atom. The van der Waals surface area contributed by atoms with Crippen LogP contribution in [0, 0.1) is 11.7 Å². The Balaban J connectivity index is 1.35. The van der Waals surface area contributed by atoms with Crippen LogP contribution < -0.4 is 10.1 Å². The number of benzene rings is 1. The highest BCUT2D eigenvalue weighted by Crippen LogP contribution is 2.33. The molecule has 0 bridgehead atoms. The number of nitrogens with zero attached hydrogens (tertiary/aromatic N) is 3. The topological polar surface area (TPSA) is 59.4 Å². The van der Waals surface area contributed by atoms with E-state index in [4.69, 9.17) is 4.74 Å². The Kier molecular flexibility index (Phi) is 5.50. The van der Waals surface area contributed by atoms with Gasteiger partial charge in [-0.25, -0.2) is 9.18 Å². The van der Waals surface area contributed by atoms with E-state index in [1.54, 1.807) is 6.07 Å². The number of aromatic nitrogens is 2. The Morgan fingerprint density at radius 3 is 2.86 bits per heavy atom. The third-order valence-electron chi connectivity index (χ3n) is 5.88. The lowest BCUT2D eigenvalue weighted by Crippen LogP contribution is -2.45. The van der Waals surface area contributed by atoms with Crippen LogP contribution in [0.25, 0.3) is 0 Å². The lowest BCUT2D eigenvalue weighted by atomic mass is 9.92. The van der Waals surface area contributed by atoms with Crippen molar-refractivity contribution in [1.82, 2.24) is 20.0 Å². The molecule has 150 valence electrons. The zero-order valence-electron chi connectivity index (χ0n) is 16.2. The number of carbonyl (C=O) groups is 1. The molecule has 28 heavy (non-hydrogen) atoms. The molecule has 2 aliphatic rings. The van der Waals surface area contributed by atoms with Crippen LogP contribution in [-0.2, 0) is 13.5 Å². The van der Waals surface area contributed by atoms with Gasteiger partial charge in [0.1, 0.15) is 0 Å². The van der Waals surface area contributed by atoms with Crippen LogP contribution in [0.3, 0.4) is 0 Å². The predicted molar refractivity (Wildman–Crippen MR) is 104 cm³/mol. The maximum atomic E-state index is 14.1. The van der Waals surface area contributed by atoms with Crippen molar-refractivity contribution in [2.45, 2.75) is 38.1 Å². The zero-order chi connectivity index (χ0) is 19.5. The van der Waals surface area contributed by atoms with Crippen LogP contribution in [0.15, 0.2) is 30.5 Å². The highest BCUT2D eigenvalue weighted by molar-refractivity contribution is 5.75. The minimum atomic E-state index is -0.366. The first-order valence-corrected chi connectivity index (χ1v) is 10.1. The van der Waals surface area contributed by atoms with Gasteiger partial charge in [0.25, 0.3) is 0 Å². The summed E-state index contributed by atoms with van der Waals surface area (Å²) in [5.41, 5.74) is 1.97. The molecule has 6 nitrogen and oxygen atoms in total. The number of fused-ring (bicyclic) bond motifs is 1. The number of urea groups is 1. The fourth-order valence-corrected chi connectivity index (χ4v) is 4.20. The van der Waals surface area contributed by atoms with Gasteiger partial charge in [-0.3, -0.25) is 4.68 Å². The molecule has 1 atom stereocenters. The molecule has 1 saturated heterocycles. The van der Waals surface area contributed by atoms with Gasteiger partial charge in [0, 0.05) is 37.6 Å². The number of amides is 2. The number of piperidine rings is 1. The normalized spacial score (nSPS) is 20.2. The lowest BCUT2D eigenvalue weighted by Gasteiger charge is -2.33. The maximum Gasteiger partial charge on any atom is 0.317 e. The van der Waals surface area contributed by atoms with Crippen molar-refractivity contribution in [3.8, 4) is 5.75 Å². The minimum absolute atomic E-state index is 0.0684. The predicted octanol–water partition coefficient (Wildman–Crippen LogP) is 3.44. The highest BCUT2D eigenvalue weighted by Gasteiger charge is 2.28. The Bertz CT molecular complexity index is 830.